The fourth-order valence-electron chi connectivity index (χ4n) is 4.93. The molecule has 4 heterocycles. The number of halogens is 1. The molecule has 1 aliphatic carbocycles. The second kappa shape index (κ2) is 6.72. The summed E-state index contributed by atoms with van der Waals surface area (Å²) in [6.45, 7) is 2.67. The summed E-state index contributed by atoms with van der Waals surface area (Å²) in [5.74, 6) is 0.845. The summed E-state index contributed by atoms with van der Waals surface area (Å²) in [4.78, 5) is 14.9. The van der Waals surface area contributed by atoms with Crippen LogP contribution in [0.4, 0.5) is 15.9 Å². The molecule has 9 nitrogen and oxygen atoms in total. The maximum absolute atomic E-state index is 14.4. The van der Waals surface area contributed by atoms with Crippen molar-refractivity contribution in [3.63, 3.8) is 0 Å². The van der Waals surface area contributed by atoms with Gasteiger partial charge in [0, 0.05) is 31.1 Å². The van der Waals surface area contributed by atoms with E-state index in [0.29, 0.717) is 28.5 Å². The first kappa shape index (κ1) is 18.7. The Morgan fingerprint density at radius 1 is 1.29 bits per heavy atom. The number of anilines is 2. The van der Waals surface area contributed by atoms with Crippen molar-refractivity contribution in [3.05, 3.63) is 23.0 Å². The van der Waals surface area contributed by atoms with Crippen molar-refractivity contribution in [2.24, 2.45) is 11.7 Å². The van der Waals surface area contributed by atoms with Gasteiger partial charge in [-0.3, -0.25) is 0 Å². The molecule has 1 saturated carbocycles. The maximum Gasteiger partial charge on any atom is 0.327 e. The number of nitrogens with two attached hydrogens (primary N) is 1. The zero-order chi connectivity index (χ0) is 21.3. The van der Waals surface area contributed by atoms with E-state index in [2.05, 4.69) is 30.4 Å². The van der Waals surface area contributed by atoms with Gasteiger partial charge in [0.15, 0.2) is 0 Å². The highest BCUT2D eigenvalue weighted by molar-refractivity contribution is 7.13. The highest BCUT2D eigenvalue weighted by Gasteiger charge is 2.44. The van der Waals surface area contributed by atoms with E-state index in [1.165, 1.54) is 23.5 Å². The average Bonchev–Trinajstić information content (AvgIpc) is 3.50. The summed E-state index contributed by atoms with van der Waals surface area (Å²) >= 11 is 1.33. The third-order valence-electron chi connectivity index (χ3n) is 6.31. The van der Waals surface area contributed by atoms with Crippen LogP contribution in [0.5, 0.6) is 11.2 Å². The first-order chi connectivity index (χ1) is 15.0. The molecule has 2 aliphatic rings. The Morgan fingerprint density at radius 3 is 2.84 bits per heavy atom. The molecule has 3 atom stereocenters. The van der Waals surface area contributed by atoms with Gasteiger partial charge in [-0.1, -0.05) is 16.4 Å². The van der Waals surface area contributed by atoms with Gasteiger partial charge < -0.3 is 25.7 Å². The van der Waals surface area contributed by atoms with Crippen LogP contribution in [0.3, 0.4) is 0 Å². The quantitative estimate of drug-likeness (QED) is 0.443. The topological polar surface area (TPSA) is 118 Å². The molecule has 4 aromatic rings. The highest BCUT2D eigenvalue weighted by atomic mass is 32.1. The number of benzene rings is 1. The SMILES string of the molecule is CNc1cc(F)cc2c1[nH]c1nc(Oc3nnc(C)s3)nc(N3CC4CC3CC4N)c12. The third kappa shape index (κ3) is 2.91. The molecule has 1 saturated heterocycles. The first-order valence-corrected chi connectivity index (χ1v) is 11.0. The Kier molecular flexibility index (Phi) is 4.06. The lowest BCUT2D eigenvalue weighted by Gasteiger charge is -2.31. The van der Waals surface area contributed by atoms with Gasteiger partial charge in [0.1, 0.15) is 22.3 Å². The fourth-order valence-corrected chi connectivity index (χ4v) is 5.46. The van der Waals surface area contributed by atoms with Gasteiger partial charge in [0.05, 0.1) is 16.6 Å². The zero-order valence-corrected chi connectivity index (χ0v) is 17.8. The summed E-state index contributed by atoms with van der Waals surface area (Å²) in [7, 11) is 1.76. The summed E-state index contributed by atoms with van der Waals surface area (Å²) < 4.78 is 20.3. The molecule has 4 N–H and O–H groups in total. The number of hydrogen-bond donors (Lipinski definition) is 3. The molecular weight excluding hydrogens is 419 g/mol. The molecule has 6 rings (SSSR count). The monoisotopic (exact) mass is 440 g/mol. The van der Waals surface area contributed by atoms with E-state index >= 15 is 0 Å². The van der Waals surface area contributed by atoms with Gasteiger partial charge in [-0.2, -0.15) is 9.97 Å². The number of nitrogens with one attached hydrogen (secondary N) is 2. The van der Waals surface area contributed by atoms with Gasteiger partial charge in [0.2, 0.25) is 0 Å². The molecule has 3 unspecified atom stereocenters. The van der Waals surface area contributed by atoms with Gasteiger partial charge in [-0.05, 0) is 37.8 Å². The van der Waals surface area contributed by atoms with Crippen LogP contribution in [0.1, 0.15) is 17.8 Å². The van der Waals surface area contributed by atoms with Crippen LogP contribution in [-0.4, -0.2) is 50.8 Å². The van der Waals surface area contributed by atoms with Gasteiger partial charge >= 0.3 is 11.2 Å². The minimum absolute atomic E-state index is 0.184. The lowest BCUT2D eigenvalue weighted by atomic mass is 10.0. The van der Waals surface area contributed by atoms with Crippen LogP contribution in [0.15, 0.2) is 12.1 Å². The van der Waals surface area contributed by atoms with Gasteiger partial charge in [-0.15, -0.1) is 5.10 Å². The second-order valence-electron chi connectivity index (χ2n) is 8.19. The number of aromatic nitrogens is 5. The molecule has 1 aliphatic heterocycles. The minimum Gasteiger partial charge on any atom is -0.394 e. The van der Waals surface area contributed by atoms with Crippen molar-refractivity contribution in [3.8, 4) is 11.2 Å². The first-order valence-electron chi connectivity index (χ1n) is 10.2. The van der Waals surface area contributed by atoms with Crippen molar-refractivity contribution >= 4 is 44.8 Å². The predicted molar refractivity (Wildman–Crippen MR) is 117 cm³/mol. The van der Waals surface area contributed by atoms with E-state index < -0.39 is 0 Å². The van der Waals surface area contributed by atoms with E-state index in [-0.39, 0.29) is 17.9 Å². The number of piperidine rings is 1. The van der Waals surface area contributed by atoms with Crippen molar-refractivity contribution in [1.82, 2.24) is 25.1 Å². The number of H-pyrrole nitrogens is 1. The highest BCUT2D eigenvalue weighted by Crippen LogP contribution is 2.44. The average molecular weight is 441 g/mol. The standard InChI is InChI=1S/C20H21FN8OS/c1-8-27-28-20(31-8)30-19-25-17-15(12-4-10(21)5-14(23-2)16(12)24-17)18(26-19)29-7-9-3-11(29)6-13(9)22/h4-5,9,11,13,23H,3,6-7,22H2,1-2H3,(H,24,25,26). The van der Waals surface area contributed by atoms with E-state index in [1.54, 1.807) is 7.05 Å². The Bertz CT molecular complexity index is 1320. The van der Waals surface area contributed by atoms with Gasteiger partial charge in [-0.25, -0.2) is 4.39 Å². The third-order valence-corrected chi connectivity index (χ3v) is 7.03. The molecule has 0 amide bonds. The van der Waals surface area contributed by atoms with Crippen LogP contribution in [0.2, 0.25) is 0 Å². The summed E-state index contributed by atoms with van der Waals surface area (Å²) in [6.07, 6.45) is 1.96. The zero-order valence-electron chi connectivity index (χ0n) is 17.0. The number of nitrogens with zero attached hydrogens (tertiary/aromatic N) is 5. The largest absolute Gasteiger partial charge is 0.394 e. The van der Waals surface area contributed by atoms with Crippen LogP contribution in [-0.2, 0) is 0 Å². The van der Waals surface area contributed by atoms with E-state index in [4.69, 9.17) is 15.5 Å². The molecule has 0 radical (unpaired) electrons. The smallest absolute Gasteiger partial charge is 0.327 e. The maximum atomic E-state index is 14.4. The minimum atomic E-state index is -0.321. The van der Waals surface area contributed by atoms with Crippen molar-refractivity contribution in [2.45, 2.75) is 31.8 Å². The molecular formula is C20H21FN8OS. The normalized spacial score (nSPS) is 22.7. The van der Waals surface area contributed by atoms with Crippen molar-refractivity contribution in [1.29, 1.82) is 0 Å². The summed E-state index contributed by atoms with van der Waals surface area (Å²) in [5, 5.41) is 13.8. The van der Waals surface area contributed by atoms with Crippen LogP contribution in [0.25, 0.3) is 21.9 Å². The molecule has 0 spiro atoms. The second-order valence-corrected chi connectivity index (χ2v) is 9.34. The lowest BCUT2D eigenvalue weighted by molar-refractivity contribution is 0.433. The van der Waals surface area contributed by atoms with Crippen LogP contribution in [0, 0.1) is 18.7 Å². The van der Waals surface area contributed by atoms with E-state index in [1.807, 2.05) is 6.92 Å². The Labute approximate surface area is 180 Å². The number of aromatic amines is 1. The molecule has 3 aromatic heterocycles. The van der Waals surface area contributed by atoms with Crippen LogP contribution >= 0.6 is 11.3 Å². The number of ether oxygens (including phenoxy) is 1. The summed E-state index contributed by atoms with van der Waals surface area (Å²) in [5.41, 5.74) is 8.30. The number of aryl methyl sites for hydroxylation is 1. The lowest BCUT2D eigenvalue weighted by Crippen LogP contribution is -2.41. The van der Waals surface area contributed by atoms with Crippen molar-refractivity contribution in [2.75, 3.05) is 23.8 Å². The Balaban J connectivity index is 1.56. The number of hydrogen-bond acceptors (Lipinski definition) is 9. The van der Waals surface area contributed by atoms with Gasteiger partial charge in [0.25, 0.3) is 0 Å². The van der Waals surface area contributed by atoms with Crippen LogP contribution < -0.4 is 20.7 Å². The molecule has 2 fully saturated rings. The predicted octanol–water partition coefficient (Wildman–Crippen LogP) is 3.17. The molecule has 11 heteroatoms. The number of fused-ring (bicyclic) bond motifs is 5. The van der Waals surface area contributed by atoms with E-state index in [9.17, 15) is 4.39 Å². The van der Waals surface area contributed by atoms with E-state index in [0.717, 1.165) is 46.5 Å². The van der Waals surface area contributed by atoms with Crippen molar-refractivity contribution < 1.29 is 9.13 Å². The molecule has 160 valence electrons. The molecule has 2 bridgehead atoms. The number of rotatable bonds is 4. The Hall–Kier alpha value is -3.05. The fraction of sp³-hybridized carbons (Fsp3) is 0.400. The molecule has 1 aromatic carbocycles. The summed E-state index contributed by atoms with van der Waals surface area (Å²) in [6, 6.07) is 3.69. The molecule has 31 heavy (non-hydrogen) atoms. The Morgan fingerprint density at radius 2 is 2.16 bits per heavy atom.